The molecule has 0 bridgehead atoms. The standard InChI is InChI=1S/C12H27O2P/c1-3-5-7-8-9-11-14-15(13)12-10-6-4-2/h15H,3-12H2,1-2H3. The minimum Gasteiger partial charge on any atom is -0.330 e. The van der Waals surface area contributed by atoms with Crippen LogP contribution in [0.2, 0.25) is 0 Å². The van der Waals surface area contributed by atoms with Crippen molar-refractivity contribution in [1.29, 1.82) is 0 Å². The first-order valence-corrected chi connectivity index (χ1v) is 7.99. The van der Waals surface area contributed by atoms with Gasteiger partial charge >= 0.3 is 0 Å². The van der Waals surface area contributed by atoms with Crippen molar-refractivity contribution >= 4 is 8.03 Å². The van der Waals surface area contributed by atoms with Gasteiger partial charge in [-0.2, -0.15) is 0 Å². The number of hydrogen-bond acceptors (Lipinski definition) is 2. The van der Waals surface area contributed by atoms with E-state index in [9.17, 15) is 4.57 Å². The Labute approximate surface area is 95.7 Å². The van der Waals surface area contributed by atoms with Gasteiger partial charge in [-0.3, -0.25) is 4.57 Å². The maximum absolute atomic E-state index is 11.4. The third kappa shape index (κ3) is 12.1. The SMILES string of the molecule is CCCCCCCO[PH](=O)CCCCC. The van der Waals surface area contributed by atoms with Crippen molar-refractivity contribution in [3.63, 3.8) is 0 Å². The summed E-state index contributed by atoms with van der Waals surface area (Å²) in [7, 11) is -1.70. The van der Waals surface area contributed by atoms with Crippen LogP contribution in [0.3, 0.4) is 0 Å². The van der Waals surface area contributed by atoms with Crippen LogP contribution >= 0.6 is 8.03 Å². The Kier molecular flexibility index (Phi) is 12.4. The first-order chi connectivity index (χ1) is 7.31. The van der Waals surface area contributed by atoms with E-state index >= 15 is 0 Å². The molecule has 15 heavy (non-hydrogen) atoms. The van der Waals surface area contributed by atoms with Crippen LogP contribution in [-0.4, -0.2) is 12.8 Å². The Morgan fingerprint density at radius 3 is 2.13 bits per heavy atom. The van der Waals surface area contributed by atoms with Gasteiger partial charge in [0.1, 0.15) is 0 Å². The van der Waals surface area contributed by atoms with Gasteiger partial charge in [0.25, 0.3) is 0 Å². The summed E-state index contributed by atoms with van der Waals surface area (Å²) in [4.78, 5) is 0. The molecule has 92 valence electrons. The predicted molar refractivity (Wildman–Crippen MR) is 68.1 cm³/mol. The Bertz CT molecular complexity index is 149. The highest BCUT2D eigenvalue weighted by Crippen LogP contribution is 2.24. The molecule has 0 aromatic rings. The number of hydrogen-bond donors (Lipinski definition) is 0. The van der Waals surface area contributed by atoms with Gasteiger partial charge in [0.15, 0.2) is 8.03 Å². The highest BCUT2D eigenvalue weighted by atomic mass is 31.1. The van der Waals surface area contributed by atoms with E-state index in [1.807, 2.05) is 0 Å². The monoisotopic (exact) mass is 234 g/mol. The van der Waals surface area contributed by atoms with E-state index in [1.54, 1.807) is 0 Å². The van der Waals surface area contributed by atoms with Gasteiger partial charge in [-0.1, -0.05) is 52.4 Å². The molecular weight excluding hydrogens is 207 g/mol. The van der Waals surface area contributed by atoms with E-state index in [1.165, 1.54) is 38.5 Å². The van der Waals surface area contributed by atoms with Gasteiger partial charge in [-0.15, -0.1) is 0 Å². The van der Waals surface area contributed by atoms with Crippen molar-refractivity contribution in [2.24, 2.45) is 0 Å². The summed E-state index contributed by atoms with van der Waals surface area (Å²) in [5, 5.41) is 0. The lowest BCUT2D eigenvalue weighted by molar-refractivity contribution is 0.315. The molecule has 3 heteroatoms. The second kappa shape index (κ2) is 12.3. The summed E-state index contributed by atoms with van der Waals surface area (Å²) in [6, 6.07) is 0. The van der Waals surface area contributed by atoms with E-state index in [-0.39, 0.29) is 0 Å². The molecule has 0 aromatic heterocycles. The molecule has 0 saturated carbocycles. The number of unbranched alkanes of at least 4 members (excludes halogenated alkanes) is 6. The topological polar surface area (TPSA) is 26.3 Å². The molecule has 0 aromatic carbocycles. The second-order valence-electron chi connectivity index (χ2n) is 4.09. The van der Waals surface area contributed by atoms with Gasteiger partial charge in [0, 0.05) is 6.16 Å². The smallest absolute Gasteiger partial charge is 0.191 e. The van der Waals surface area contributed by atoms with Crippen molar-refractivity contribution < 1.29 is 9.09 Å². The molecule has 0 aliphatic heterocycles. The lowest BCUT2D eigenvalue weighted by Crippen LogP contribution is -1.89. The van der Waals surface area contributed by atoms with Crippen LogP contribution in [0.15, 0.2) is 0 Å². The summed E-state index contributed by atoms with van der Waals surface area (Å²) in [6.07, 6.45) is 10.4. The van der Waals surface area contributed by atoms with Crippen molar-refractivity contribution in [3.05, 3.63) is 0 Å². The van der Waals surface area contributed by atoms with Crippen molar-refractivity contribution in [1.82, 2.24) is 0 Å². The minimum atomic E-state index is -1.70. The van der Waals surface area contributed by atoms with Crippen LogP contribution in [0.4, 0.5) is 0 Å². The van der Waals surface area contributed by atoms with Crippen LogP contribution in [0.5, 0.6) is 0 Å². The van der Waals surface area contributed by atoms with Crippen LogP contribution in [0.1, 0.15) is 65.2 Å². The lowest BCUT2D eigenvalue weighted by atomic mass is 10.2. The van der Waals surface area contributed by atoms with E-state index < -0.39 is 8.03 Å². The second-order valence-corrected chi connectivity index (χ2v) is 5.62. The largest absolute Gasteiger partial charge is 0.330 e. The van der Waals surface area contributed by atoms with Gasteiger partial charge in [0.2, 0.25) is 0 Å². The summed E-state index contributed by atoms with van der Waals surface area (Å²) in [5.41, 5.74) is 0. The predicted octanol–water partition coefficient (Wildman–Crippen LogP) is 4.64. The molecule has 0 aliphatic rings. The maximum atomic E-state index is 11.4. The van der Waals surface area contributed by atoms with Crippen LogP contribution in [-0.2, 0) is 9.09 Å². The third-order valence-electron chi connectivity index (χ3n) is 2.50. The van der Waals surface area contributed by atoms with Gasteiger partial charge in [0.05, 0.1) is 6.61 Å². The molecule has 0 N–H and O–H groups in total. The molecule has 0 radical (unpaired) electrons. The summed E-state index contributed by atoms with van der Waals surface area (Å²) < 4.78 is 16.7. The third-order valence-corrected chi connectivity index (χ3v) is 3.78. The molecule has 0 amide bonds. The van der Waals surface area contributed by atoms with Crippen molar-refractivity contribution in [2.45, 2.75) is 65.2 Å². The fraction of sp³-hybridized carbons (Fsp3) is 1.00. The van der Waals surface area contributed by atoms with Gasteiger partial charge in [-0.25, -0.2) is 0 Å². The Morgan fingerprint density at radius 1 is 0.867 bits per heavy atom. The lowest BCUT2D eigenvalue weighted by Gasteiger charge is -2.03. The zero-order chi connectivity index (χ0) is 11.4. The fourth-order valence-corrected chi connectivity index (χ4v) is 2.54. The first kappa shape index (κ1) is 15.2. The summed E-state index contributed by atoms with van der Waals surface area (Å²) >= 11 is 0. The molecule has 1 atom stereocenters. The minimum absolute atomic E-state index is 0.702. The first-order valence-electron chi connectivity index (χ1n) is 6.46. The average Bonchev–Trinajstić information content (AvgIpc) is 2.23. The van der Waals surface area contributed by atoms with Crippen LogP contribution < -0.4 is 0 Å². The molecule has 0 rings (SSSR count). The van der Waals surface area contributed by atoms with Gasteiger partial charge < -0.3 is 4.52 Å². The van der Waals surface area contributed by atoms with E-state index in [0.717, 1.165) is 19.0 Å². The maximum Gasteiger partial charge on any atom is 0.191 e. The molecule has 0 aliphatic carbocycles. The normalized spacial score (nSPS) is 12.9. The Balaban J connectivity index is 3.10. The van der Waals surface area contributed by atoms with Gasteiger partial charge in [-0.05, 0) is 12.8 Å². The molecule has 1 unspecified atom stereocenters. The molecule has 0 saturated heterocycles. The van der Waals surface area contributed by atoms with Crippen LogP contribution in [0.25, 0.3) is 0 Å². The zero-order valence-corrected chi connectivity index (χ0v) is 11.4. The van der Waals surface area contributed by atoms with E-state index in [0.29, 0.717) is 6.61 Å². The Morgan fingerprint density at radius 2 is 1.47 bits per heavy atom. The van der Waals surface area contributed by atoms with Crippen LogP contribution in [0, 0.1) is 0 Å². The molecular formula is C12H27O2P. The highest BCUT2D eigenvalue weighted by Gasteiger charge is 1.98. The summed E-state index contributed by atoms with van der Waals surface area (Å²) in [5.74, 6) is 0. The quantitative estimate of drug-likeness (QED) is 0.384. The van der Waals surface area contributed by atoms with Crippen molar-refractivity contribution in [2.75, 3.05) is 12.8 Å². The van der Waals surface area contributed by atoms with Crippen molar-refractivity contribution in [3.8, 4) is 0 Å². The van der Waals surface area contributed by atoms with E-state index in [2.05, 4.69) is 13.8 Å². The highest BCUT2D eigenvalue weighted by molar-refractivity contribution is 7.39. The molecule has 2 nitrogen and oxygen atoms in total. The average molecular weight is 234 g/mol. The molecule has 0 heterocycles. The molecule has 0 fully saturated rings. The zero-order valence-electron chi connectivity index (χ0n) is 10.4. The molecule has 0 spiro atoms. The van der Waals surface area contributed by atoms with E-state index in [4.69, 9.17) is 4.52 Å². The fourth-order valence-electron chi connectivity index (χ4n) is 1.48. The summed E-state index contributed by atoms with van der Waals surface area (Å²) in [6.45, 7) is 5.07. The Hall–Kier alpha value is 0.190. The number of rotatable bonds is 11.